The molecule has 0 amide bonds. The predicted octanol–water partition coefficient (Wildman–Crippen LogP) is 1.27. The number of rotatable bonds is 7. The fourth-order valence-electron chi connectivity index (χ4n) is 1.41. The lowest BCUT2D eigenvalue weighted by atomic mass is 10.1. The van der Waals surface area contributed by atoms with Gasteiger partial charge in [0.1, 0.15) is 5.94 Å². The van der Waals surface area contributed by atoms with E-state index >= 15 is 0 Å². The summed E-state index contributed by atoms with van der Waals surface area (Å²) in [6.45, 7) is 0. The first-order valence-electron chi connectivity index (χ1n) is 5.60. The van der Waals surface area contributed by atoms with Gasteiger partial charge in [-0.25, -0.2) is 15.0 Å². The van der Waals surface area contributed by atoms with E-state index in [1.54, 1.807) is 5.94 Å². The average Bonchev–Trinajstić information content (AvgIpc) is 2.46. The maximum atomic E-state index is 11.7. The van der Waals surface area contributed by atoms with Crippen LogP contribution < -0.4 is 10.9 Å². The number of hydrazine groups is 1. The van der Waals surface area contributed by atoms with Crippen molar-refractivity contribution < 1.29 is 14.3 Å². The van der Waals surface area contributed by atoms with Gasteiger partial charge in [-0.15, -0.1) is 0 Å². The Hall–Kier alpha value is -1.75. The van der Waals surface area contributed by atoms with Crippen LogP contribution in [0.4, 0.5) is 5.69 Å². The van der Waals surface area contributed by atoms with Crippen molar-refractivity contribution in [2.75, 3.05) is 24.5 Å². The number of carbonyl (C=O) groups is 1. The van der Waals surface area contributed by atoms with E-state index in [0.717, 1.165) is 5.69 Å². The summed E-state index contributed by atoms with van der Waals surface area (Å²) in [7, 11) is 1.28. The fraction of sp³-hybridized carbons (Fsp3) is 0.308. The topological polar surface area (TPSA) is 67.4 Å². The number of hydrogen-bond donors (Lipinski definition) is 2. The van der Waals surface area contributed by atoms with Gasteiger partial charge in [0.25, 0.3) is 0 Å². The molecule has 1 aromatic rings. The Labute approximate surface area is 116 Å². The molecule has 0 aliphatic carbocycles. The van der Waals surface area contributed by atoms with Gasteiger partial charge >= 0.3 is 5.97 Å². The molecule has 19 heavy (non-hydrogen) atoms. The number of carbonyl (C=O) groups excluding carboxylic acids is 2. The number of esters is 1. The van der Waals surface area contributed by atoms with Crippen molar-refractivity contribution >= 4 is 29.4 Å². The van der Waals surface area contributed by atoms with Crippen LogP contribution in [-0.2, 0) is 14.3 Å². The van der Waals surface area contributed by atoms with Gasteiger partial charge in [0.15, 0.2) is 6.04 Å². The minimum Gasteiger partial charge on any atom is -0.468 e. The highest BCUT2D eigenvalue weighted by Crippen LogP contribution is 2.09. The number of ether oxygens (including phenoxy) is 1. The van der Waals surface area contributed by atoms with Gasteiger partial charge in [0.2, 0.25) is 0 Å². The Balaban J connectivity index is 2.75. The van der Waals surface area contributed by atoms with E-state index in [-0.39, 0.29) is 0 Å². The molecule has 0 saturated carbocycles. The average molecular weight is 280 g/mol. The number of para-hydroxylation sites is 1. The molecule has 0 spiro atoms. The van der Waals surface area contributed by atoms with E-state index in [1.165, 1.54) is 18.9 Å². The van der Waals surface area contributed by atoms with Crippen molar-refractivity contribution in [3.05, 3.63) is 35.9 Å². The molecule has 0 heterocycles. The quantitative estimate of drug-likeness (QED) is 0.445. The van der Waals surface area contributed by atoms with Crippen LogP contribution >= 0.6 is 11.8 Å². The fourth-order valence-corrected chi connectivity index (χ4v) is 1.95. The molecule has 5 nitrogen and oxygen atoms in total. The smallest absolute Gasteiger partial charge is 0.329 e. The van der Waals surface area contributed by atoms with Gasteiger partial charge in [-0.05, 0) is 18.4 Å². The second-order valence-electron chi connectivity index (χ2n) is 3.65. The standard InChI is InChI=1S/C13H16N2O3S/c1-18-13(17)12(10(8-16)9-19-2)15-14-11-6-4-3-5-7-11/h3-7,12,14-15H,9H2,1-2H3. The van der Waals surface area contributed by atoms with Crippen LogP contribution in [0.25, 0.3) is 0 Å². The minimum atomic E-state index is -0.852. The van der Waals surface area contributed by atoms with Crippen molar-refractivity contribution in [2.45, 2.75) is 6.04 Å². The Bertz CT molecular complexity index is 458. The number of thioether (sulfide) groups is 1. The molecule has 102 valence electrons. The number of nitrogens with one attached hydrogen (secondary N) is 2. The van der Waals surface area contributed by atoms with Gasteiger partial charge in [-0.1, -0.05) is 18.2 Å². The molecule has 1 aromatic carbocycles. The third kappa shape index (κ3) is 4.79. The lowest BCUT2D eigenvalue weighted by Gasteiger charge is -2.18. The molecule has 0 fully saturated rings. The molecule has 2 N–H and O–H groups in total. The Morgan fingerprint density at radius 2 is 2.11 bits per heavy atom. The molecule has 0 saturated heterocycles. The Morgan fingerprint density at radius 3 is 2.63 bits per heavy atom. The van der Waals surface area contributed by atoms with Crippen molar-refractivity contribution in [1.29, 1.82) is 0 Å². The maximum absolute atomic E-state index is 11.7. The predicted molar refractivity (Wildman–Crippen MR) is 76.6 cm³/mol. The minimum absolute atomic E-state index is 0.308. The van der Waals surface area contributed by atoms with Crippen molar-refractivity contribution in [1.82, 2.24) is 5.43 Å². The largest absolute Gasteiger partial charge is 0.468 e. The molecule has 6 heteroatoms. The summed E-state index contributed by atoms with van der Waals surface area (Å²) >= 11 is 1.44. The van der Waals surface area contributed by atoms with Crippen LogP contribution in [0.1, 0.15) is 0 Å². The van der Waals surface area contributed by atoms with Crippen LogP contribution in [0.15, 0.2) is 35.9 Å². The molecular weight excluding hydrogens is 264 g/mol. The Morgan fingerprint density at radius 1 is 1.42 bits per heavy atom. The first kappa shape index (κ1) is 15.3. The maximum Gasteiger partial charge on any atom is 0.329 e. The summed E-state index contributed by atoms with van der Waals surface area (Å²) in [5.74, 6) is 1.67. The van der Waals surface area contributed by atoms with E-state index in [9.17, 15) is 9.59 Å². The molecule has 1 atom stereocenters. The SMILES string of the molecule is COC(=O)C(NNc1ccccc1)C(=C=O)CSC. The van der Waals surface area contributed by atoms with Crippen LogP contribution in [0.5, 0.6) is 0 Å². The van der Waals surface area contributed by atoms with Gasteiger partial charge in [-0.3, -0.25) is 0 Å². The zero-order valence-electron chi connectivity index (χ0n) is 10.8. The van der Waals surface area contributed by atoms with Gasteiger partial charge in [-0.2, -0.15) is 11.8 Å². The molecule has 0 aromatic heterocycles. The molecule has 0 aliphatic rings. The lowest BCUT2D eigenvalue weighted by molar-refractivity contribution is -0.141. The highest BCUT2D eigenvalue weighted by Gasteiger charge is 2.24. The monoisotopic (exact) mass is 280 g/mol. The highest BCUT2D eigenvalue weighted by molar-refractivity contribution is 7.98. The molecule has 0 radical (unpaired) electrons. The summed E-state index contributed by atoms with van der Waals surface area (Å²) in [6, 6.07) is 8.41. The van der Waals surface area contributed by atoms with Crippen LogP contribution in [0.3, 0.4) is 0 Å². The van der Waals surface area contributed by atoms with Gasteiger partial charge in [0.05, 0.1) is 12.7 Å². The molecule has 0 aliphatic heterocycles. The molecule has 1 rings (SSSR count). The summed E-state index contributed by atoms with van der Waals surface area (Å²) in [5, 5.41) is 0. The summed E-state index contributed by atoms with van der Waals surface area (Å²) in [5.41, 5.74) is 6.75. The van der Waals surface area contributed by atoms with Crippen LogP contribution in [-0.4, -0.2) is 37.1 Å². The number of hydrogen-bond acceptors (Lipinski definition) is 6. The first-order valence-corrected chi connectivity index (χ1v) is 6.99. The molecule has 0 bridgehead atoms. The van der Waals surface area contributed by atoms with E-state index < -0.39 is 12.0 Å². The summed E-state index contributed by atoms with van der Waals surface area (Å²) in [6.07, 6.45) is 1.84. The molecule has 1 unspecified atom stereocenters. The van der Waals surface area contributed by atoms with E-state index in [1.807, 2.05) is 36.6 Å². The van der Waals surface area contributed by atoms with Crippen molar-refractivity contribution in [3.8, 4) is 0 Å². The van der Waals surface area contributed by atoms with Crippen LogP contribution in [0, 0.1) is 0 Å². The van der Waals surface area contributed by atoms with Gasteiger partial charge < -0.3 is 10.2 Å². The van der Waals surface area contributed by atoms with Crippen molar-refractivity contribution in [2.24, 2.45) is 0 Å². The Kier molecular flexibility index (Phi) is 6.74. The zero-order valence-corrected chi connectivity index (χ0v) is 11.6. The summed E-state index contributed by atoms with van der Waals surface area (Å²) in [4.78, 5) is 22.6. The second kappa shape index (κ2) is 8.37. The van der Waals surface area contributed by atoms with Crippen molar-refractivity contribution in [3.63, 3.8) is 0 Å². The van der Waals surface area contributed by atoms with Gasteiger partial charge in [0, 0.05) is 11.4 Å². The normalized spacial score (nSPS) is 11.3. The lowest BCUT2D eigenvalue weighted by Crippen LogP contribution is -2.43. The highest BCUT2D eigenvalue weighted by atomic mass is 32.2. The second-order valence-corrected chi connectivity index (χ2v) is 4.52. The number of anilines is 1. The third-order valence-corrected chi connectivity index (χ3v) is 2.95. The zero-order chi connectivity index (χ0) is 14.1. The van der Waals surface area contributed by atoms with E-state index in [2.05, 4.69) is 15.6 Å². The van der Waals surface area contributed by atoms with E-state index in [0.29, 0.717) is 11.3 Å². The third-order valence-electron chi connectivity index (χ3n) is 2.35. The summed E-state index contributed by atoms with van der Waals surface area (Å²) < 4.78 is 4.68. The first-order chi connectivity index (χ1) is 9.22. The van der Waals surface area contributed by atoms with E-state index in [4.69, 9.17) is 0 Å². The number of methoxy groups -OCH3 is 1. The number of benzene rings is 1. The van der Waals surface area contributed by atoms with Crippen LogP contribution in [0.2, 0.25) is 0 Å². The molecular formula is C13H16N2O3S.